The Hall–Kier alpha value is -1.59. The molecular weight excluding hydrogens is 432 g/mol. The molecule has 1 fully saturated rings. The van der Waals surface area contributed by atoms with Crippen molar-refractivity contribution >= 4 is 60.8 Å². The van der Waals surface area contributed by atoms with E-state index in [4.69, 9.17) is 0 Å². The maximum absolute atomic E-state index is 12.4. The second-order valence-corrected chi connectivity index (χ2v) is 7.88. The summed E-state index contributed by atoms with van der Waals surface area (Å²) in [5.74, 6) is -0.0626. The van der Waals surface area contributed by atoms with Crippen molar-refractivity contribution in [3.05, 3.63) is 56.5 Å². The topological polar surface area (TPSA) is 32.3 Å². The van der Waals surface area contributed by atoms with Gasteiger partial charge in [-0.1, -0.05) is 28.1 Å². The summed E-state index contributed by atoms with van der Waals surface area (Å²) < 4.78 is 1.83. The van der Waals surface area contributed by atoms with Gasteiger partial charge >= 0.3 is 0 Å². The van der Waals surface area contributed by atoms with E-state index in [9.17, 15) is 4.79 Å². The lowest BCUT2D eigenvalue weighted by Crippen LogP contribution is -2.17. The van der Waals surface area contributed by atoms with Gasteiger partial charge in [0.15, 0.2) is 0 Å². The van der Waals surface area contributed by atoms with Gasteiger partial charge in [-0.3, -0.25) is 4.79 Å². The molecule has 0 aromatic heterocycles. The van der Waals surface area contributed by atoms with Crippen LogP contribution in [0.3, 0.4) is 0 Å². The fraction of sp³-hybridized carbons (Fsp3) is 0.211. The number of halogens is 2. The van der Waals surface area contributed by atoms with Gasteiger partial charge in [-0.2, -0.15) is 0 Å². The zero-order chi connectivity index (χ0) is 16.7. The molecule has 2 heterocycles. The van der Waals surface area contributed by atoms with E-state index in [1.165, 1.54) is 18.5 Å². The van der Waals surface area contributed by atoms with Crippen molar-refractivity contribution in [1.82, 2.24) is 0 Å². The van der Waals surface area contributed by atoms with Crippen LogP contribution in [0.5, 0.6) is 0 Å². The van der Waals surface area contributed by atoms with Crippen molar-refractivity contribution in [3.8, 4) is 0 Å². The molecule has 2 aromatic rings. The number of nitrogens with zero attached hydrogens (tertiary/aromatic N) is 1. The third-order valence-electron chi connectivity index (χ3n) is 4.50. The molecule has 2 aliphatic rings. The maximum Gasteiger partial charge on any atom is 0.256 e. The molecule has 1 saturated heterocycles. The summed E-state index contributed by atoms with van der Waals surface area (Å²) in [5.41, 5.74) is 4.75. The number of carbonyl (C=O) groups excluding carboxylic acids is 1. The minimum Gasteiger partial charge on any atom is -0.372 e. The molecule has 2 aliphatic heterocycles. The molecule has 1 N–H and O–H groups in total. The van der Waals surface area contributed by atoms with Gasteiger partial charge in [-0.15, -0.1) is 0 Å². The van der Waals surface area contributed by atoms with E-state index < -0.39 is 0 Å². The quantitative estimate of drug-likeness (QED) is 0.633. The standard InChI is InChI=1S/C19H16Br2N2O/c20-13-10-15-16(19(24)22-18(15)17(21)11-13)9-12-3-5-14(6-4-12)23-7-1-2-8-23/h3-6,9-11H,1-2,7-8H2,(H,22,24). The number of benzene rings is 2. The Morgan fingerprint density at radius 3 is 2.46 bits per heavy atom. The Morgan fingerprint density at radius 1 is 1.04 bits per heavy atom. The molecule has 122 valence electrons. The van der Waals surface area contributed by atoms with Crippen molar-refractivity contribution in [2.24, 2.45) is 0 Å². The highest BCUT2D eigenvalue weighted by Crippen LogP contribution is 2.40. The summed E-state index contributed by atoms with van der Waals surface area (Å²) in [4.78, 5) is 14.8. The zero-order valence-corrected chi connectivity index (χ0v) is 16.2. The number of hydrogen-bond donors (Lipinski definition) is 1. The van der Waals surface area contributed by atoms with Crippen molar-refractivity contribution < 1.29 is 4.79 Å². The number of carbonyl (C=O) groups is 1. The fourth-order valence-corrected chi connectivity index (χ4v) is 4.61. The Bertz CT molecular complexity index is 837. The summed E-state index contributed by atoms with van der Waals surface area (Å²) in [6.45, 7) is 2.27. The van der Waals surface area contributed by atoms with E-state index in [0.29, 0.717) is 5.57 Å². The zero-order valence-electron chi connectivity index (χ0n) is 13.0. The molecule has 2 aromatic carbocycles. The van der Waals surface area contributed by atoms with E-state index in [0.717, 1.165) is 38.8 Å². The maximum atomic E-state index is 12.4. The van der Waals surface area contributed by atoms with E-state index in [-0.39, 0.29) is 5.91 Å². The molecule has 0 unspecified atom stereocenters. The molecule has 5 heteroatoms. The highest BCUT2D eigenvalue weighted by molar-refractivity contribution is 9.11. The van der Waals surface area contributed by atoms with Crippen molar-refractivity contribution in [2.45, 2.75) is 12.8 Å². The summed E-state index contributed by atoms with van der Waals surface area (Å²) in [5, 5.41) is 2.94. The monoisotopic (exact) mass is 446 g/mol. The minimum atomic E-state index is -0.0626. The first-order chi connectivity index (χ1) is 11.6. The largest absolute Gasteiger partial charge is 0.372 e. The molecule has 3 nitrogen and oxygen atoms in total. The minimum absolute atomic E-state index is 0.0626. The molecule has 0 spiro atoms. The molecule has 4 rings (SSSR count). The van der Waals surface area contributed by atoms with E-state index in [1.807, 2.05) is 18.2 Å². The van der Waals surface area contributed by atoms with E-state index in [2.05, 4.69) is 66.3 Å². The molecule has 0 bridgehead atoms. The van der Waals surface area contributed by atoms with Gasteiger partial charge < -0.3 is 10.2 Å². The number of amides is 1. The van der Waals surface area contributed by atoms with E-state index >= 15 is 0 Å². The van der Waals surface area contributed by atoms with Gasteiger partial charge in [-0.05, 0) is 64.7 Å². The predicted molar refractivity (Wildman–Crippen MR) is 106 cm³/mol. The highest BCUT2D eigenvalue weighted by atomic mass is 79.9. The van der Waals surface area contributed by atoms with Crippen LogP contribution in [0.1, 0.15) is 24.0 Å². The molecule has 0 atom stereocenters. The second kappa shape index (κ2) is 6.37. The van der Waals surface area contributed by atoms with Gasteiger partial charge in [0.2, 0.25) is 0 Å². The van der Waals surface area contributed by atoms with Crippen LogP contribution < -0.4 is 10.2 Å². The lowest BCUT2D eigenvalue weighted by Gasteiger charge is -2.17. The Labute approximate surface area is 158 Å². The molecule has 0 radical (unpaired) electrons. The normalized spacial score (nSPS) is 18.2. The Kier molecular flexibility index (Phi) is 4.22. The molecular formula is C19H16Br2N2O. The van der Waals surface area contributed by atoms with Crippen LogP contribution in [0, 0.1) is 0 Å². The van der Waals surface area contributed by atoms with Gasteiger partial charge in [0.05, 0.1) is 5.69 Å². The van der Waals surface area contributed by atoms with Gasteiger partial charge in [-0.25, -0.2) is 0 Å². The number of anilines is 2. The van der Waals surface area contributed by atoms with Gasteiger partial charge in [0, 0.05) is 38.9 Å². The van der Waals surface area contributed by atoms with Crippen molar-refractivity contribution in [2.75, 3.05) is 23.3 Å². The average molecular weight is 448 g/mol. The summed E-state index contributed by atoms with van der Waals surface area (Å²) in [7, 11) is 0. The lowest BCUT2D eigenvalue weighted by molar-refractivity contribution is -0.110. The van der Waals surface area contributed by atoms with Crippen molar-refractivity contribution in [3.63, 3.8) is 0 Å². The van der Waals surface area contributed by atoms with Crippen LogP contribution in [0.2, 0.25) is 0 Å². The van der Waals surface area contributed by atoms with Crippen LogP contribution in [-0.4, -0.2) is 19.0 Å². The molecule has 0 saturated carbocycles. The predicted octanol–water partition coefficient (Wildman–Crippen LogP) is 5.30. The lowest BCUT2D eigenvalue weighted by atomic mass is 10.0. The number of hydrogen-bond acceptors (Lipinski definition) is 2. The fourth-order valence-electron chi connectivity index (χ4n) is 3.28. The summed E-state index contributed by atoms with van der Waals surface area (Å²) in [6.07, 6.45) is 4.49. The number of fused-ring (bicyclic) bond motifs is 1. The molecule has 1 amide bonds. The summed E-state index contributed by atoms with van der Waals surface area (Å²) in [6, 6.07) is 12.4. The van der Waals surface area contributed by atoms with Gasteiger partial charge in [0.25, 0.3) is 5.91 Å². The smallest absolute Gasteiger partial charge is 0.256 e. The Morgan fingerprint density at radius 2 is 1.75 bits per heavy atom. The van der Waals surface area contributed by atoms with Crippen LogP contribution in [0.15, 0.2) is 45.3 Å². The third kappa shape index (κ3) is 2.91. The Balaban J connectivity index is 1.68. The first kappa shape index (κ1) is 15.9. The molecule has 0 aliphatic carbocycles. The van der Waals surface area contributed by atoms with Crippen LogP contribution in [0.4, 0.5) is 11.4 Å². The van der Waals surface area contributed by atoms with E-state index in [1.54, 1.807) is 0 Å². The average Bonchev–Trinajstić information content (AvgIpc) is 3.19. The SMILES string of the molecule is O=C1Nc2c(Br)cc(Br)cc2C1=Cc1ccc(N2CCCC2)cc1. The first-order valence-electron chi connectivity index (χ1n) is 7.99. The third-order valence-corrected chi connectivity index (χ3v) is 5.59. The number of rotatable bonds is 2. The van der Waals surface area contributed by atoms with Crippen LogP contribution in [0.25, 0.3) is 11.6 Å². The van der Waals surface area contributed by atoms with Gasteiger partial charge in [0.1, 0.15) is 0 Å². The van der Waals surface area contributed by atoms with Crippen LogP contribution in [-0.2, 0) is 4.79 Å². The number of nitrogens with one attached hydrogen (secondary N) is 1. The van der Waals surface area contributed by atoms with Crippen molar-refractivity contribution in [1.29, 1.82) is 0 Å². The second-order valence-electron chi connectivity index (χ2n) is 6.11. The molecule has 24 heavy (non-hydrogen) atoms. The van der Waals surface area contributed by atoms with Crippen LogP contribution >= 0.6 is 31.9 Å². The summed E-state index contributed by atoms with van der Waals surface area (Å²) >= 11 is 7.00. The highest BCUT2D eigenvalue weighted by Gasteiger charge is 2.26. The first-order valence-corrected chi connectivity index (χ1v) is 9.58.